The molecular weight excluding hydrogens is 320 g/mol. The van der Waals surface area contributed by atoms with E-state index < -0.39 is 12.1 Å². The lowest BCUT2D eigenvalue weighted by molar-refractivity contribution is -0.144. The molecule has 1 heterocycles. The molecule has 124 valence electrons. The predicted molar refractivity (Wildman–Crippen MR) is 86.7 cm³/mol. The summed E-state index contributed by atoms with van der Waals surface area (Å²) in [5, 5.41) is 13.6. The molecule has 0 saturated heterocycles. The average molecular weight is 339 g/mol. The summed E-state index contributed by atoms with van der Waals surface area (Å²) in [6.45, 7) is 7.12. The van der Waals surface area contributed by atoms with Crippen molar-refractivity contribution in [2.75, 3.05) is 0 Å². The van der Waals surface area contributed by atoms with Crippen LogP contribution in [0.25, 0.3) is 0 Å². The summed E-state index contributed by atoms with van der Waals surface area (Å²) < 4.78 is 13.0. The number of benzene rings is 1. The molecule has 6 nitrogen and oxygen atoms in total. The lowest BCUT2D eigenvalue weighted by Gasteiger charge is -2.15. The summed E-state index contributed by atoms with van der Waals surface area (Å²) in [5.74, 6) is 0.346. The summed E-state index contributed by atoms with van der Waals surface area (Å²) >= 11 is 6.13. The normalized spacial score (nSPS) is 12.1. The smallest absolute Gasteiger partial charge is 0.344 e. The molecule has 2 aromatic rings. The summed E-state index contributed by atoms with van der Waals surface area (Å²) in [7, 11) is 1.80. The number of carboxylic acid groups (broad SMARTS) is 1. The molecule has 0 aliphatic heterocycles. The third-order valence-electron chi connectivity index (χ3n) is 3.55. The van der Waals surface area contributed by atoms with Gasteiger partial charge in [-0.05, 0) is 39.3 Å². The SMILES string of the molecule is Cc1cc(Cl)c(O[C@@H](C)C(=O)O)cc1Oc1c(C)c(C)nn1C. The number of hydrogen-bond donors (Lipinski definition) is 1. The Kier molecular flexibility index (Phi) is 4.85. The van der Waals surface area contributed by atoms with E-state index in [1.807, 2.05) is 20.8 Å². The van der Waals surface area contributed by atoms with E-state index >= 15 is 0 Å². The van der Waals surface area contributed by atoms with Gasteiger partial charge in [-0.3, -0.25) is 0 Å². The lowest BCUT2D eigenvalue weighted by atomic mass is 10.2. The van der Waals surface area contributed by atoms with E-state index in [2.05, 4.69) is 5.10 Å². The number of rotatable bonds is 5. The van der Waals surface area contributed by atoms with Crippen LogP contribution in [0.1, 0.15) is 23.7 Å². The fourth-order valence-corrected chi connectivity index (χ4v) is 2.33. The second kappa shape index (κ2) is 6.50. The highest BCUT2D eigenvalue weighted by atomic mass is 35.5. The molecular formula is C16H19ClN2O4. The van der Waals surface area contributed by atoms with Crippen LogP contribution < -0.4 is 9.47 Å². The van der Waals surface area contributed by atoms with E-state index in [1.54, 1.807) is 23.9 Å². The van der Waals surface area contributed by atoms with Gasteiger partial charge >= 0.3 is 5.97 Å². The van der Waals surface area contributed by atoms with Crippen LogP contribution in [0.5, 0.6) is 17.4 Å². The molecule has 0 bridgehead atoms. The van der Waals surface area contributed by atoms with E-state index in [-0.39, 0.29) is 5.75 Å². The number of aromatic nitrogens is 2. The fourth-order valence-electron chi connectivity index (χ4n) is 2.06. The molecule has 0 aliphatic rings. The van der Waals surface area contributed by atoms with Crippen molar-refractivity contribution >= 4 is 17.6 Å². The van der Waals surface area contributed by atoms with Crippen LogP contribution in [0.2, 0.25) is 5.02 Å². The second-order valence-corrected chi connectivity index (χ2v) is 5.79. The second-order valence-electron chi connectivity index (χ2n) is 5.39. The van der Waals surface area contributed by atoms with Gasteiger partial charge in [0.2, 0.25) is 5.88 Å². The predicted octanol–water partition coefficient (Wildman–Crippen LogP) is 3.64. The molecule has 1 aromatic carbocycles. The van der Waals surface area contributed by atoms with Gasteiger partial charge in [0.15, 0.2) is 6.10 Å². The standard InChI is InChI=1S/C16H19ClN2O4/c1-8-6-12(17)14(22-11(4)16(20)21)7-13(8)23-15-9(2)10(3)18-19(15)5/h6-7,11H,1-5H3,(H,20,21)/t11-/m0/s1. The highest BCUT2D eigenvalue weighted by molar-refractivity contribution is 6.32. The van der Waals surface area contributed by atoms with Crippen molar-refractivity contribution in [3.63, 3.8) is 0 Å². The maximum Gasteiger partial charge on any atom is 0.344 e. The van der Waals surface area contributed by atoms with Crippen molar-refractivity contribution in [2.45, 2.75) is 33.8 Å². The zero-order valence-corrected chi connectivity index (χ0v) is 14.4. The van der Waals surface area contributed by atoms with Crippen LogP contribution in [0.3, 0.4) is 0 Å². The number of nitrogens with zero attached hydrogens (tertiary/aromatic N) is 2. The van der Waals surface area contributed by atoms with Crippen molar-refractivity contribution in [3.8, 4) is 17.4 Å². The Bertz CT molecular complexity index is 755. The van der Waals surface area contributed by atoms with Gasteiger partial charge in [0, 0.05) is 18.7 Å². The van der Waals surface area contributed by atoms with Crippen molar-refractivity contribution in [2.24, 2.45) is 7.05 Å². The zero-order chi connectivity index (χ0) is 17.3. The summed E-state index contributed by atoms with van der Waals surface area (Å²) in [4.78, 5) is 10.9. The zero-order valence-electron chi connectivity index (χ0n) is 13.7. The molecule has 0 spiro atoms. The van der Waals surface area contributed by atoms with Gasteiger partial charge in [0.1, 0.15) is 11.5 Å². The van der Waals surface area contributed by atoms with E-state index in [9.17, 15) is 4.79 Å². The molecule has 0 radical (unpaired) electrons. The first-order chi connectivity index (χ1) is 10.7. The van der Waals surface area contributed by atoms with Crippen LogP contribution in [0, 0.1) is 20.8 Å². The number of carbonyl (C=O) groups is 1. The highest BCUT2D eigenvalue weighted by Gasteiger charge is 2.18. The van der Waals surface area contributed by atoms with Crippen molar-refractivity contribution < 1.29 is 19.4 Å². The molecule has 0 fully saturated rings. The van der Waals surface area contributed by atoms with Crippen LogP contribution in [-0.2, 0) is 11.8 Å². The molecule has 23 heavy (non-hydrogen) atoms. The van der Waals surface area contributed by atoms with Gasteiger partial charge < -0.3 is 14.6 Å². The molecule has 0 amide bonds. The molecule has 1 atom stereocenters. The van der Waals surface area contributed by atoms with Gasteiger partial charge in [-0.15, -0.1) is 0 Å². The Morgan fingerprint density at radius 3 is 2.48 bits per heavy atom. The lowest BCUT2D eigenvalue weighted by Crippen LogP contribution is -2.23. The third-order valence-corrected chi connectivity index (χ3v) is 3.84. The molecule has 0 saturated carbocycles. The van der Waals surface area contributed by atoms with Gasteiger partial charge in [-0.2, -0.15) is 5.10 Å². The quantitative estimate of drug-likeness (QED) is 0.900. The largest absolute Gasteiger partial charge is 0.479 e. The number of carboxylic acids is 1. The van der Waals surface area contributed by atoms with Crippen molar-refractivity contribution in [3.05, 3.63) is 34.0 Å². The summed E-state index contributed by atoms with van der Waals surface area (Å²) in [6, 6.07) is 3.28. The Morgan fingerprint density at radius 2 is 1.96 bits per heavy atom. The molecule has 1 N–H and O–H groups in total. The Balaban J connectivity index is 2.37. The number of aryl methyl sites for hydroxylation is 3. The van der Waals surface area contributed by atoms with E-state index in [1.165, 1.54) is 6.92 Å². The molecule has 7 heteroatoms. The maximum atomic E-state index is 10.9. The minimum atomic E-state index is -1.07. The fraction of sp³-hybridized carbons (Fsp3) is 0.375. The molecule has 0 aliphatic carbocycles. The van der Waals surface area contributed by atoms with E-state index in [4.69, 9.17) is 26.2 Å². The van der Waals surface area contributed by atoms with Gasteiger partial charge in [-0.1, -0.05) is 11.6 Å². The Morgan fingerprint density at radius 1 is 1.30 bits per heavy atom. The summed E-state index contributed by atoms with van der Waals surface area (Å²) in [6.07, 6.45) is -1.01. The number of ether oxygens (including phenoxy) is 2. The average Bonchev–Trinajstić information content (AvgIpc) is 2.69. The van der Waals surface area contributed by atoms with Crippen LogP contribution in [0.15, 0.2) is 12.1 Å². The van der Waals surface area contributed by atoms with E-state index in [0.29, 0.717) is 16.7 Å². The topological polar surface area (TPSA) is 73.6 Å². The first-order valence-electron chi connectivity index (χ1n) is 7.08. The van der Waals surface area contributed by atoms with Gasteiger partial charge in [-0.25, -0.2) is 9.48 Å². The number of hydrogen-bond acceptors (Lipinski definition) is 4. The minimum absolute atomic E-state index is 0.263. The van der Waals surface area contributed by atoms with Crippen LogP contribution in [0.4, 0.5) is 0 Å². The van der Waals surface area contributed by atoms with Crippen molar-refractivity contribution in [1.29, 1.82) is 0 Å². The number of aliphatic carboxylic acids is 1. The Hall–Kier alpha value is -2.21. The molecule has 2 rings (SSSR count). The molecule has 0 unspecified atom stereocenters. The van der Waals surface area contributed by atoms with Crippen LogP contribution >= 0.6 is 11.6 Å². The van der Waals surface area contributed by atoms with Gasteiger partial charge in [0.25, 0.3) is 0 Å². The van der Waals surface area contributed by atoms with Crippen LogP contribution in [-0.4, -0.2) is 27.0 Å². The first-order valence-corrected chi connectivity index (χ1v) is 7.46. The van der Waals surface area contributed by atoms with Gasteiger partial charge in [0.05, 0.1) is 10.7 Å². The van der Waals surface area contributed by atoms with E-state index in [0.717, 1.165) is 16.8 Å². The highest BCUT2D eigenvalue weighted by Crippen LogP contribution is 2.36. The Labute approximate surface area is 139 Å². The maximum absolute atomic E-state index is 10.9. The number of halogens is 1. The molecule has 1 aromatic heterocycles. The minimum Gasteiger partial charge on any atom is -0.479 e. The summed E-state index contributed by atoms with van der Waals surface area (Å²) in [5.41, 5.74) is 2.62. The monoisotopic (exact) mass is 338 g/mol. The third kappa shape index (κ3) is 3.59. The van der Waals surface area contributed by atoms with Crippen molar-refractivity contribution in [1.82, 2.24) is 9.78 Å². The first kappa shape index (κ1) is 17.1.